The average Bonchev–Trinajstić information content (AvgIpc) is 2.43. The van der Waals surface area contributed by atoms with E-state index in [4.69, 9.17) is 9.84 Å². The Morgan fingerprint density at radius 2 is 2.19 bits per heavy atom. The van der Waals surface area contributed by atoms with Gasteiger partial charge in [-0.3, -0.25) is 9.59 Å². The van der Waals surface area contributed by atoms with Crippen LogP contribution in [0.15, 0.2) is 22.8 Å². The molecule has 1 heterocycles. The number of esters is 1. The number of hydrogen-bond acceptors (Lipinski definition) is 5. The van der Waals surface area contributed by atoms with Crippen molar-refractivity contribution >= 4 is 33.8 Å². The van der Waals surface area contributed by atoms with Crippen LogP contribution < -0.4 is 5.32 Å². The zero-order chi connectivity index (χ0) is 15.8. The third-order valence-electron chi connectivity index (χ3n) is 2.52. The number of carboxylic acid groups (broad SMARTS) is 1. The fourth-order valence-electron chi connectivity index (χ4n) is 1.53. The number of amides is 1. The first kappa shape index (κ1) is 17.1. The molecule has 0 radical (unpaired) electrons. The molecule has 0 aliphatic heterocycles. The van der Waals surface area contributed by atoms with Crippen LogP contribution in [-0.4, -0.2) is 40.6 Å². The SMILES string of the molecule is CCOC(=O)CC[C@H](NC(=O)c1ncccc1Br)C(=O)O. The maximum absolute atomic E-state index is 12.0. The van der Waals surface area contributed by atoms with E-state index in [-0.39, 0.29) is 25.1 Å². The molecule has 0 aromatic carbocycles. The van der Waals surface area contributed by atoms with Gasteiger partial charge in [-0.25, -0.2) is 9.78 Å². The molecule has 0 unspecified atom stereocenters. The van der Waals surface area contributed by atoms with Crippen LogP contribution in [0.2, 0.25) is 0 Å². The van der Waals surface area contributed by atoms with Gasteiger partial charge in [0.2, 0.25) is 0 Å². The lowest BCUT2D eigenvalue weighted by molar-refractivity contribution is -0.144. The number of ether oxygens (including phenoxy) is 1. The molecule has 0 bridgehead atoms. The van der Waals surface area contributed by atoms with Crippen LogP contribution in [0.1, 0.15) is 30.3 Å². The van der Waals surface area contributed by atoms with Gasteiger partial charge >= 0.3 is 11.9 Å². The van der Waals surface area contributed by atoms with E-state index in [9.17, 15) is 14.4 Å². The zero-order valence-electron chi connectivity index (χ0n) is 11.3. The standard InChI is InChI=1S/C13H15BrN2O5/c1-2-21-10(17)6-5-9(13(19)20)16-12(18)11-8(14)4-3-7-15-11/h3-4,7,9H,2,5-6H2,1H3,(H,16,18)(H,19,20)/t9-/m0/s1. The van der Waals surface area contributed by atoms with Gasteiger partial charge in [-0.05, 0) is 41.4 Å². The highest BCUT2D eigenvalue weighted by Crippen LogP contribution is 2.13. The van der Waals surface area contributed by atoms with E-state index in [1.54, 1.807) is 19.1 Å². The topological polar surface area (TPSA) is 106 Å². The van der Waals surface area contributed by atoms with E-state index < -0.39 is 23.9 Å². The first-order chi connectivity index (χ1) is 9.95. The summed E-state index contributed by atoms with van der Waals surface area (Å²) >= 11 is 3.16. The molecule has 21 heavy (non-hydrogen) atoms. The molecule has 0 spiro atoms. The minimum Gasteiger partial charge on any atom is -0.480 e. The van der Waals surface area contributed by atoms with Crippen molar-refractivity contribution in [2.45, 2.75) is 25.8 Å². The molecule has 2 N–H and O–H groups in total. The van der Waals surface area contributed by atoms with Crippen molar-refractivity contribution < 1.29 is 24.2 Å². The second-order valence-electron chi connectivity index (χ2n) is 4.04. The molecule has 7 nitrogen and oxygen atoms in total. The molecular weight excluding hydrogens is 344 g/mol. The highest BCUT2D eigenvalue weighted by molar-refractivity contribution is 9.10. The van der Waals surface area contributed by atoms with Gasteiger partial charge in [0.25, 0.3) is 5.91 Å². The molecule has 1 aromatic heterocycles. The van der Waals surface area contributed by atoms with Crippen molar-refractivity contribution in [1.29, 1.82) is 0 Å². The summed E-state index contributed by atoms with van der Waals surface area (Å²) < 4.78 is 5.17. The third kappa shape index (κ3) is 5.50. The van der Waals surface area contributed by atoms with Crippen molar-refractivity contribution in [3.63, 3.8) is 0 Å². The average molecular weight is 359 g/mol. The van der Waals surface area contributed by atoms with Crippen LogP contribution in [0.25, 0.3) is 0 Å². The van der Waals surface area contributed by atoms with Crippen molar-refractivity contribution in [3.8, 4) is 0 Å². The number of carbonyl (C=O) groups is 3. The summed E-state index contributed by atoms with van der Waals surface area (Å²) in [7, 11) is 0. The Morgan fingerprint density at radius 1 is 1.48 bits per heavy atom. The molecular formula is C13H15BrN2O5. The van der Waals surface area contributed by atoms with Gasteiger partial charge in [-0.2, -0.15) is 0 Å². The summed E-state index contributed by atoms with van der Waals surface area (Å²) in [5.74, 6) is -2.35. The maximum atomic E-state index is 12.0. The lowest BCUT2D eigenvalue weighted by Crippen LogP contribution is -2.41. The van der Waals surface area contributed by atoms with E-state index >= 15 is 0 Å². The van der Waals surface area contributed by atoms with Crippen molar-refractivity contribution in [2.75, 3.05) is 6.61 Å². The molecule has 1 atom stereocenters. The zero-order valence-corrected chi connectivity index (χ0v) is 12.9. The fraction of sp³-hybridized carbons (Fsp3) is 0.385. The number of halogens is 1. The Bertz CT molecular complexity index is 535. The van der Waals surface area contributed by atoms with Gasteiger partial charge in [-0.15, -0.1) is 0 Å². The molecule has 1 aromatic rings. The number of aromatic nitrogens is 1. The minimum absolute atomic E-state index is 0.0512. The van der Waals surface area contributed by atoms with Gasteiger partial charge in [0, 0.05) is 17.1 Å². The van der Waals surface area contributed by atoms with Gasteiger partial charge in [-0.1, -0.05) is 0 Å². The van der Waals surface area contributed by atoms with Crippen LogP contribution >= 0.6 is 15.9 Å². The molecule has 114 valence electrons. The van der Waals surface area contributed by atoms with E-state index in [2.05, 4.69) is 26.2 Å². The summed E-state index contributed by atoms with van der Waals surface area (Å²) in [5.41, 5.74) is 0.0832. The number of rotatable bonds is 7. The smallest absolute Gasteiger partial charge is 0.326 e. The highest BCUT2D eigenvalue weighted by atomic mass is 79.9. The molecule has 0 saturated carbocycles. The summed E-state index contributed by atoms with van der Waals surface area (Å²) in [4.78, 5) is 38.2. The summed E-state index contributed by atoms with van der Waals surface area (Å²) in [6.45, 7) is 1.89. The lowest BCUT2D eigenvalue weighted by atomic mass is 10.1. The fourth-order valence-corrected chi connectivity index (χ4v) is 1.97. The van der Waals surface area contributed by atoms with Crippen LogP contribution in [0.5, 0.6) is 0 Å². The second kappa shape index (κ2) is 8.35. The summed E-state index contributed by atoms with van der Waals surface area (Å²) in [5, 5.41) is 11.4. The predicted molar refractivity (Wildman–Crippen MR) is 76.7 cm³/mol. The lowest BCUT2D eigenvalue weighted by Gasteiger charge is -2.14. The Morgan fingerprint density at radius 3 is 2.76 bits per heavy atom. The number of aliphatic carboxylic acids is 1. The number of pyridine rings is 1. The Hall–Kier alpha value is -1.96. The third-order valence-corrected chi connectivity index (χ3v) is 3.16. The Kier molecular flexibility index (Phi) is 6.80. The molecule has 1 rings (SSSR count). The molecule has 0 fully saturated rings. The van der Waals surface area contributed by atoms with Gasteiger partial charge < -0.3 is 15.2 Å². The monoisotopic (exact) mass is 358 g/mol. The van der Waals surface area contributed by atoms with E-state index in [0.717, 1.165) is 0 Å². The van der Waals surface area contributed by atoms with E-state index in [1.165, 1.54) is 6.20 Å². The molecule has 1 amide bonds. The number of nitrogens with zero attached hydrogens (tertiary/aromatic N) is 1. The minimum atomic E-state index is -1.22. The molecule has 0 saturated heterocycles. The quantitative estimate of drug-likeness (QED) is 0.713. The normalized spacial score (nSPS) is 11.5. The van der Waals surface area contributed by atoms with Crippen molar-refractivity contribution in [2.24, 2.45) is 0 Å². The summed E-state index contributed by atoms with van der Waals surface area (Å²) in [6.07, 6.45) is 1.28. The maximum Gasteiger partial charge on any atom is 0.326 e. The van der Waals surface area contributed by atoms with Gasteiger partial charge in [0.15, 0.2) is 0 Å². The largest absolute Gasteiger partial charge is 0.480 e. The van der Waals surface area contributed by atoms with Crippen molar-refractivity contribution in [1.82, 2.24) is 10.3 Å². The first-order valence-electron chi connectivity index (χ1n) is 6.25. The number of carbonyl (C=O) groups excluding carboxylic acids is 2. The first-order valence-corrected chi connectivity index (χ1v) is 7.04. The predicted octanol–water partition coefficient (Wildman–Crippen LogP) is 1.37. The Labute approximate surface area is 129 Å². The highest BCUT2D eigenvalue weighted by Gasteiger charge is 2.23. The van der Waals surface area contributed by atoms with Gasteiger partial charge in [0.1, 0.15) is 11.7 Å². The van der Waals surface area contributed by atoms with E-state index in [0.29, 0.717) is 4.47 Å². The van der Waals surface area contributed by atoms with Crippen LogP contribution in [-0.2, 0) is 14.3 Å². The number of nitrogens with one attached hydrogen (secondary N) is 1. The van der Waals surface area contributed by atoms with Crippen LogP contribution in [0, 0.1) is 0 Å². The van der Waals surface area contributed by atoms with Gasteiger partial charge in [0.05, 0.1) is 6.61 Å². The Balaban J connectivity index is 2.66. The molecule has 0 aliphatic rings. The summed E-state index contributed by atoms with van der Waals surface area (Å²) in [6, 6.07) is 2.07. The second-order valence-corrected chi connectivity index (χ2v) is 4.90. The molecule has 8 heteroatoms. The van der Waals surface area contributed by atoms with Crippen LogP contribution in [0.3, 0.4) is 0 Å². The van der Waals surface area contributed by atoms with Crippen LogP contribution in [0.4, 0.5) is 0 Å². The number of carboxylic acids is 1. The number of hydrogen-bond donors (Lipinski definition) is 2. The molecule has 0 aliphatic carbocycles. The van der Waals surface area contributed by atoms with Crippen molar-refractivity contribution in [3.05, 3.63) is 28.5 Å². The van der Waals surface area contributed by atoms with E-state index in [1.807, 2.05) is 0 Å².